The molecule has 0 aliphatic rings. The van der Waals surface area contributed by atoms with Crippen LogP contribution in [-0.2, 0) is 4.79 Å². The van der Waals surface area contributed by atoms with E-state index in [4.69, 9.17) is 25.5 Å². The highest BCUT2D eigenvalue weighted by atomic mass is 16.6. The van der Waals surface area contributed by atoms with Gasteiger partial charge in [0.1, 0.15) is 0 Å². The quantitative estimate of drug-likeness (QED) is 0.344. The molecule has 0 saturated heterocycles. The lowest BCUT2D eigenvalue weighted by Crippen LogP contribution is -2.49. The molecule has 0 atom stereocenters. The number of carboxylic acids is 1. The van der Waals surface area contributed by atoms with Crippen LogP contribution >= 0.6 is 0 Å². The molecule has 0 aromatic heterocycles. The number of carboxylic acid groups (broad SMARTS) is 1. The van der Waals surface area contributed by atoms with Gasteiger partial charge in [0.2, 0.25) is 11.6 Å². The van der Waals surface area contributed by atoms with E-state index >= 15 is 0 Å². The molecule has 0 heterocycles. The Bertz CT molecular complexity index is 202. The van der Waals surface area contributed by atoms with Gasteiger partial charge in [0.25, 0.3) is 0 Å². The van der Waals surface area contributed by atoms with Crippen molar-refractivity contribution < 1.29 is 30.3 Å². The molecule has 5 N–H and O–H groups in total. The van der Waals surface area contributed by atoms with Gasteiger partial charge in [-0.05, 0) is 20.3 Å². The maximum absolute atomic E-state index is 10.0. The first-order valence-corrected chi connectivity index (χ1v) is 6.13. The summed E-state index contributed by atoms with van der Waals surface area (Å²) >= 11 is 0. The zero-order valence-electron chi connectivity index (χ0n) is 11.4. The SMILES string of the molecule is CC(O)(O)C(C)(O)O.CCCCCCCC(=O)O. The Morgan fingerprint density at radius 2 is 1.28 bits per heavy atom. The summed E-state index contributed by atoms with van der Waals surface area (Å²) in [6, 6.07) is 0. The summed E-state index contributed by atoms with van der Waals surface area (Å²) in [5.74, 6) is -5.57. The molecule has 6 nitrogen and oxygen atoms in total. The van der Waals surface area contributed by atoms with Gasteiger partial charge in [0, 0.05) is 6.42 Å². The number of unbranched alkanes of at least 4 members (excludes halogenated alkanes) is 4. The number of aliphatic carboxylic acids is 1. The topological polar surface area (TPSA) is 118 Å². The molecule has 0 unspecified atom stereocenters. The van der Waals surface area contributed by atoms with Gasteiger partial charge in [0.05, 0.1) is 0 Å². The van der Waals surface area contributed by atoms with Crippen molar-refractivity contribution in [1.82, 2.24) is 0 Å². The van der Waals surface area contributed by atoms with Crippen LogP contribution in [0.25, 0.3) is 0 Å². The predicted molar refractivity (Wildman–Crippen MR) is 66.7 cm³/mol. The number of hydrogen-bond donors (Lipinski definition) is 5. The van der Waals surface area contributed by atoms with Crippen LogP contribution in [0.5, 0.6) is 0 Å². The van der Waals surface area contributed by atoms with Crippen LogP contribution in [-0.4, -0.2) is 43.1 Å². The largest absolute Gasteiger partial charge is 0.481 e. The van der Waals surface area contributed by atoms with Gasteiger partial charge < -0.3 is 25.5 Å². The van der Waals surface area contributed by atoms with E-state index in [9.17, 15) is 4.79 Å². The first-order valence-electron chi connectivity index (χ1n) is 6.13. The Kier molecular flexibility index (Phi) is 10.1. The lowest BCUT2D eigenvalue weighted by molar-refractivity contribution is -0.339. The zero-order chi connectivity index (χ0) is 14.8. The maximum atomic E-state index is 10.0. The van der Waals surface area contributed by atoms with Crippen molar-refractivity contribution in [2.45, 2.75) is 70.9 Å². The summed E-state index contributed by atoms with van der Waals surface area (Å²) in [4.78, 5) is 10.0. The second-order valence-electron chi connectivity index (χ2n) is 4.60. The van der Waals surface area contributed by atoms with E-state index in [-0.39, 0.29) is 0 Å². The first-order chi connectivity index (χ1) is 8.02. The standard InChI is InChI=1S/C8H16O2.C4H10O4/c1-2-3-4-5-6-7-8(9)10;1-3(5,6)4(2,7)8/h2-7H2,1H3,(H,9,10);5-8H,1-2H3. The molecule has 110 valence electrons. The van der Waals surface area contributed by atoms with Gasteiger partial charge >= 0.3 is 5.97 Å². The molecule has 0 radical (unpaired) electrons. The zero-order valence-corrected chi connectivity index (χ0v) is 11.4. The summed E-state index contributed by atoms with van der Waals surface area (Å²) in [7, 11) is 0. The van der Waals surface area contributed by atoms with Crippen molar-refractivity contribution in [3.05, 3.63) is 0 Å². The van der Waals surface area contributed by atoms with Crippen molar-refractivity contribution in [1.29, 1.82) is 0 Å². The Morgan fingerprint density at radius 3 is 1.56 bits per heavy atom. The van der Waals surface area contributed by atoms with E-state index in [2.05, 4.69) is 6.92 Å². The summed E-state index contributed by atoms with van der Waals surface area (Å²) < 4.78 is 0. The Morgan fingerprint density at radius 1 is 0.889 bits per heavy atom. The van der Waals surface area contributed by atoms with Crippen molar-refractivity contribution in [3.63, 3.8) is 0 Å². The summed E-state index contributed by atoms with van der Waals surface area (Å²) in [5, 5.41) is 41.9. The average molecular weight is 266 g/mol. The minimum atomic E-state index is -2.45. The molecule has 0 aromatic rings. The molecule has 6 heteroatoms. The van der Waals surface area contributed by atoms with Crippen LogP contribution in [0.4, 0.5) is 0 Å². The number of rotatable bonds is 7. The average Bonchev–Trinajstić information content (AvgIpc) is 2.14. The van der Waals surface area contributed by atoms with Crippen LogP contribution in [0.15, 0.2) is 0 Å². The highest BCUT2D eigenvalue weighted by Crippen LogP contribution is 2.13. The van der Waals surface area contributed by atoms with E-state index in [1.165, 1.54) is 19.3 Å². The number of hydrogen-bond acceptors (Lipinski definition) is 5. The van der Waals surface area contributed by atoms with Crippen molar-refractivity contribution in [2.75, 3.05) is 0 Å². The highest BCUT2D eigenvalue weighted by Gasteiger charge is 2.37. The van der Waals surface area contributed by atoms with E-state index in [0.717, 1.165) is 26.7 Å². The number of aliphatic hydroxyl groups is 4. The van der Waals surface area contributed by atoms with Gasteiger partial charge in [-0.1, -0.05) is 32.6 Å². The van der Waals surface area contributed by atoms with Crippen LogP contribution in [0.3, 0.4) is 0 Å². The molecule has 0 fully saturated rings. The van der Waals surface area contributed by atoms with Crippen molar-refractivity contribution in [2.24, 2.45) is 0 Å². The molecule has 0 amide bonds. The summed E-state index contributed by atoms with van der Waals surface area (Å²) in [5.41, 5.74) is 0. The van der Waals surface area contributed by atoms with E-state index in [0.29, 0.717) is 6.42 Å². The molecule has 0 rings (SSSR count). The summed E-state index contributed by atoms with van der Waals surface area (Å²) in [6.07, 6.45) is 5.88. The maximum Gasteiger partial charge on any atom is 0.303 e. The molecule has 0 aliphatic carbocycles. The third kappa shape index (κ3) is 13.4. The minimum Gasteiger partial charge on any atom is -0.481 e. The lowest BCUT2D eigenvalue weighted by Gasteiger charge is -2.27. The van der Waals surface area contributed by atoms with E-state index in [1.807, 2.05) is 0 Å². The first kappa shape index (κ1) is 19.6. The second kappa shape index (κ2) is 9.27. The molecule has 0 spiro atoms. The molecule has 0 aromatic carbocycles. The van der Waals surface area contributed by atoms with Crippen LogP contribution in [0.1, 0.15) is 59.3 Å². The van der Waals surface area contributed by atoms with Gasteiger partial charge in [-0.3, -0.25) is 4.79 Å². The molecule has 0 aliphatic heterocycles. The normalized spacial score (nSPS) is 11.7. The molecule has 0 bridgehead atoms. The van der Waals surface area contributed by atoms with Gasteiger partial charge in [0.15, 0.2) is 0 Å². The molecular weight excluding hydrogens is 240 g/mol. The van der Waals surface area contributed by atoms with Crippen molar-refractivity contribution >= 4 is 5.97 Å². The number of carbonyl (C=O) groups is 1. The Hall–Kier alpha value is -0.690. The fourth-order valence-electron chi connectivity index (χ4n) is 0.880. The molecule has 18 heavy (non-hydrogen) atoms. The van der Waals surface area contributed by atoms with Gasteiger partial charge in [-0.15, -0.1) is 0 Å². The monoisotopic (exact) mass is 266 g/mol. The highest BCUT2D eigenvalue weighted by molar-refractivity contribution is 5.66. The Balaban J connectivity index is 0. The molecular formula is C12H26O6. The fraction of sp³-hybridized carbons (Fsp3) is 0.917. The third-order valence-corrected chi connectivity index (χ3v) is 2.39. The van der Waals surface area contributed by atoms with E-state index in [1.54, 1.807) is 0 Å². The lowest BCUT2D eigenvalue weighted by atomic mass is 10.1. The smallest absolute Gasteiger partial charge is 0.303 e. The summed E-state index contributed by atoms with van der Waals surface area (Å²) in [6.45, 7) is 3.91. The van der Waals surface area contributed by atoms with Gasteiger partial charge in [-0.2, -0.15) is 0 Å². The third-order valence-electron chi connectivity index (χ3n) is 2.39. The van der Waals surface area contributed by atoms with Crippen LogP contribution in [0.2, 0.25) is 0 Å². The predicted octanol–water partition coefficient (Wildman–Crippen LogP) is 0.819. The second-order valence-corrected chi connectivity index (χ2v) is 4.60. The van der Waals surface area contributed by atoms with Gasteiger partial charge in [-0.25, -0.2) is 0 Å². The van der Waals surface area contributed by atoms with Crippen LogP contribution < -0.4 is 0 Å². The minimum absolute atomic E-state index is 0.337. The molecule has 0 saturated carbocycles. The van der Waals surface area contributed by atoms with Crippen molar-refractivity contribution in [3.8, 4) is 0 Å². The van der Waals surface area contributed by atoms with Crippen LogP contribution in [0, 0.1) is 0 Å². The Labute approximate surface area is 108 Å². The van der Waals surface area contributed by atoms with E-state index < -0.39 is 17.5 Å². The fourth-order valence-corrected chi connectivity index (χ4v) is 0.880.